The van der Waals surface area contributed by atoms with Crippen LogP contribution in [0, 0.1) is 5.82 Å². The highest BCUT2D eigenvalue weighted by Crippen LogP contribution is 2.23. The van der Waals surface area contributed by atoms with Crippen molar-refractivity contribution < 1.29 is 9.18 Å². The molecule has 0 saturated carbocycles. The van der Waals surface area contributed by atoms with Gasteiger partial charge in [0.15, 0.2) is 0 Å². The maximum Gasteiger partial charge on any atom is 0.239 e. The average Bonchev–Trinajstić information content (AvgIpc) is 2.80. The second-order valence-corrected chi connectivity index (χ2v) is 5.54. The predicted octanol–water partition coefficient (Wildman–Crippen LogP) is 1.18. The summed E-state index contributed by atoms with van der Waals surface area (Å²) >= 11 is 0. The number of hydrogen-bond acceptors (Lipinski definition) is 3. The van der Waals surface area contributed by atoms with E-state index in [1.165, 1.54) is 6.07 Å². The second kappa shape index (κ2) is 5.40. The Hall–Kier alpha value is -1.62. The summed E-state index contributed by atoms with van der Waals surface area (Å²) in [5.74, 6) is 0.0574. The number of carbonyl (C=O) groups is 1. The molecule has 2 saturated heterocycles. The van der Waals surface area contributed by atoms with Crippen molar-refractivity contribution in [1.82, 2.24) is 9.80 Å². The number of rotatable bonds is 2. The monoisotopic (exact) mass is 277 g/mol. The number of amides is 1. The number of halogens is 1. The summed E-state index contributed by atoms with van der Waals surface area (Å²) in [4.78, 5) is 18.1. The summed E-state index contributed by atoms with van der Waals surface area (Å²) in [6.07, 6.45) is 0.912. The van der Waals surface area contributed by atoms with Crippen molar-refractivity contribution in [2.24, 2.45) is 0 Å². The van der Waals surface area contributed by atoms with Crippen LogP contribution in [-0.2, 0) is 4.79 Å². The van der Waals surface area contributed by atoms with Crippen LogP contribution in [0.15, 0.2) is 24.3 Å². The fourth-order valence-electron chi connectivity index (χ4n) is 3.13. The maximum absolute atomic E-state index is 13.8. The van der Waals surface area contributed by atoms with E-state index in [4.69, 9.17) is 0 Å². The van der Waals surface area contributed by atoms with Crippen LogP contribution in [0.5, 0.6) is 0 Å². The lowest BCUT2D eigenvalue weighted by Crippen LogP contribution is -2.52. The minimum absolute atomic E-state index is 0.0303. The van der Waals surface area contributed by atoms with Crippen molar-refractivity contribution >= 4 is 11.6 Å². The summed E-state index contributed by atoms with van der Waals surface area (Å²) in [5, 5.41) is 0. The first-order valence-electron chi connectivity index (χ1n) is 7.15. The number of benzene rings is 1. The standard InChI is InChI=1S/C15H20FN3O/c1-17-7-6-14(15(17)20)19-10-8-18(9-11-19)13-5-3-2-4-12(13)16/h2-5,14H,6-11H2,1H3/t14-/m1/s1. The Bertz CT molecular complexity index is 500. The van der Waals surface area contributed by atoms with Crippen molar-refractivity contribution in [2.45, 2.75) is 12.5 Å². The Morgan fingerprint density at radius 2 is 1.80 bits per heavy atom. The van der Waals surface area contributed by atoms with E-state index in [2.05, 4.69) is 9.80 Å². The fourth-order valence-corrected chi connectivity index (χ4v) is 3.13. The zero-order chi connectivity index (χ0) is 14.1. The quantitative estimate of drug-likeness (QED) is 0.812. The fraction of sp³-hybridized carbons (Fsp3) is 0.533. The Kier molecular flexibility index (Phi) is 3.61. The van der Waals surface area contributed by atoms with E-state index < -0.39 is 0 Å². The number of anilines is 1. The third kappa shape index (κ3) is 2.38. The zero-order valence-electron chi connectivity index (χ0n) is 11.8. The highest BCUT2D eigenvalue weighted by atomic mass is 19.1. The van der Waals surface area contributed by atoms with E-state index in [1.807, 2.05) is 19.2 Å². The molecule has 0 bridgehead atoms. The first-order chi connectivity index (χ1) is 9.66. The van der Waals surface area contributed by atoms with E-state index in [0.29, 0.717) is 5.69 Å². The molecule has 0 N–H and O–H groups in total. The molecule has 4 nitrogen and oxygen atoms in total. The minimum atomic E-state index is -0.169. The Labute approximate surface area is 118 Å². The summed E-state index contributed by atoms with van der Waals surface area (Å²) in [6, 6.07) is 6.92. The summed E-state index contributed by atoms with van der Waals surface area (Å²) < 4.78 is 13.8. The first-order valence-corrected chi connectivity index (χ1v) is 7.15. The highest BCUT2D eigenvalue weighted by molar-refractivity contribution is 5.83. The van der Waals surface area contributed by atoms with Gasteiger partial charge in [0, 0.05) is 39.8 Å². The minimum Gasteiger partial charge on any atom is -0.367 e. The number of nitrogens with zero attached hydrogens (tertiary/aromatic N) is 3. The van der Waals surface area contributed by atoms with Gasteiger partial charge in [-0.25, -0.2) is 4.39 Å². The van der Waals surface area contributed by atoms with Gasteiger partial charge in [0.25, 0.3) is 0 Å². The SMILES string of the molecule is CN1CC[C@@H](N2CCN(c3ccccc3F)CC2)C1=O. The summed E-state index contributed by atoms with van der Waals surface area (Å²) in [5.41, 5.74) is 0.669. The molecule has 2 heterocycles. The number of carbonyl (C=O) groups excluding carboxylic acids is 1. The third-order valence-electron chi connectivity index (χ3n) is 4.35. The van der Waals surface area contributed by atoms with Gasteiger partial charge in [-0.1, -0.05) is 12.1 Å². The normalized spacial score (nSPS) is 24.5. The zero-order valence-corrected chi connectivity index (χ0v) is 11.8. The topological polar surface area (TPSA) is 26.8 Å². The molecule has 1 aromatic rings. The molecule has 2 aliphatic rings. The molecule has 0 unspecified atom stereocenters. The largest absolute Gasteiger partial charge is 0.367 e. The summed E-state index contributed by atoms with van der Waals surface area (Å²) in [7, 11) is 1.86. The average molecular weight is 277 g/mol. The van der Waals surface area contributed by atoms with E-state index in [1.54, 1.807) is 11.0 Å². The third-order valence-corrected chi connectivity index (χ3v) is 4.35. The Morgan fingerprint density at radius 3 is 2.40 bits per heavy atom. The van der Waals surface area contributed by atoms with Crippen LogP contribution in [-0.4, -0.2) is 61.5 Å². The van der Waals surface area contributed by atoms with Crippen molar-refractivity contribution in [2.75, 3.05) is 44.7 Å². The molecule has 0 spiro atoms. The lowest BCUT2D eigenvalue weighted by Gasteiger charge is -2.38. The van der Waals surface area contributed by atoms with Gasteiger partial charge in [-0.2, -0.15) is 0 Å². The van der Waals surface area contributed by atoms with Crippen molar-refractivity contribution in [3.05, 3.63) is 30.1 Å². The predicted molar refractivity (Wildman–Crippen MR) is 76.2 cm³/mol. The van der Waals surface area contributed by atoms with E-state index in [0.717, 1.165) is 39.1 Å². The molecule has 0 aromatic heterocycles. The van der Waals surface area contributed by atoms with Gasteiger partial charge in [0.05, 0.1) is 11.7 Å². The lowest BCUT2D eigenvalue weighted by molar-refractivity contribution is -0.131. The number of hydrogen-bond donors (Lipinski definition) is 0. The molecule has 0 radical (unpaired) electrons. The van der Waals surface area contributed by atoms with Gasteiger partial charge in [-0.15, -0.1) is 0 Å². The van der Waals surface area contributed by atoms with Crippen LogP contribution < -0.4 is 4.90 Å². The summed E-state index contributed by atoms with van der Waals surface area (Å²) in [6.45, 7) is 4.02. The van der Waals surface area contributed by atoms with E-state index in [9.17, 15) is 9.18 Å². The van der Waals surface area contributed by atoms with Crippen LogP contribution in [0.4, 0.5) is 10.1 Å². The van der Waals surface area contributed by atoms with E-state index >= 15 is 0 Å². The van der Waals surface area contributed by atoms with Crippen LogP contribution in [0.3, 0.4) is 0 Å². The molecule has 1 atom stereocenters. The molecule has 0 aliphatic carbocycles. The van der Waals surface area contributed by atoms with Crippen LogP contribution >= 0.6 is 0 Å². The van der Waals surface area contributed by atoms with Gasteiger partial charge < -0.3 is 9.80 Å². The first kappa shape index (κ1) is 13.4. The molecule has 108 valence electrons. The van der Waals surface area contributed by atoms with Crippen LogP contribution in [0.25, 0.3) is 0 Å². The molecule has 3 rings (SSSR count). The molecule has 5 heteroatoms. The van der Waals surface area contributed by atoms with Crippen molar-refractivity contribution in [1.29, 1.82) is 0 Å². The van der Waals surface area contributed by atoms with Gasteiger partial charge in [-0.05, 0) is 18.6 Å². The molecular weight excluding hydrogens is 257 g/mol. The number of piperazine rings is 1. The molecule has 2 fully saturated rings. The van der Waals surface area contributed by atoms with Gasteiger partial charge >= 0.3 is 0 Å². The Morgan fingerprint density at radius 1 is 1.10 bits per heavy atom. The number of likely N-dealkylation sites (tertiary alicyclic amines) is 1. The second-order valence-electron chi connectivity index (χ2n) is 5.54. The van der Waals surface area contributed by atoms with Gasteiger partial charge in [0.2, 0.25) is 5.91 Å². The molecular formula is C15H20FN3O. The maximum atomic E-state index is 13.8. The lowest BCUT2D eigenvalue weighted by atomic mass is 10.1. The molecule has 1 aromatic carbocycles. The number of para-hydroxylation sites is 1. The molecule has 2 aliphatic heterocycles. The van der Waals surface area contributed by atoms with Gasteiger partial charge in [-0.3, -0.25) is 9.69 Å². The smallest absolute Gasteiger partial charge is 0.239 e. The molecule has 1 amide bonds. The van der Waals surface area contributed by atoms with Crippen molar-refractivity contribution in [3.63, 3.8) is 0 Å². The van der Waals surface area contributed by atoms with Crippen molar-refractivity contribution in [3.8, 4) is 0 Å². The van der Waals surface area contributed by atoms with Gasteiger partial charge in [0.1, 0.15) is 5.82 Å². The highest BCUT2D eigenvalue weighted by Gasteiger charge is 2.35. The Balaban J connectivity index is 1.63. The molecule has 20 heavy (non-hydrogen) atoms. The van der Waals surface area contributed by atoms with Crippen LogP contribution in [0.1, 0.15) is 6.42 Å². The van der Waals surface area contributed by atoms with E-state index in [-0.39, 0.29) is 17.8 Å². The van der Waals surface area contributed by atoms with Crippen LogP contribution in [0.2, 0.25) is 0 Å². The number of likely N-dealkylation sites (N-methyl/N-ethyl adjacent to an activating group) is 1.